The summed E-state index contributed by atoms with van der Waals surface area (Å²) in [6.07, 6.45) is 1.04. The Balaban J connectivity index is 3.98. The molecule has 4 heteroatoms. The van der Waals surface area contributed by atoms with E-state index in [2.05, 4.69) is 33.0 Å². The fourth-order valence-electron chi connectivity index (χ4n) is 1.72. The molecule has 0 aliphatic rings. The molecule has 0 saturated heterocycles. The maximum Gasteiger partial charge on any atom is 0.239 e. The molecule has 1 unspecified atom stereocenters. The van der Waals surface area contributed by atoms with Gasteiger partial charge >= 0.3 is 0 Å². The molecular formula is C11H24N2O2. The van der Waals surface area contributed by atoms with Gasteiger partial charge in [-0.1, -0.05) is 27.7 Å². The maximum absolute atomic E-state index is 11.3. The van der Waals surface area contributed by atoms with Crippen LogP contribution >= 0.6 is 0 Å². The van der Waals surface area contributed by atoms with E-state index in [1.807, 2.05) is 0 Å². The van der Waals surface area contributed by atoms with Crippen molar-refractivity contribution in [1.82, 2.24) is 5.32 Å². The number of hydrogen-bond acceptors (Lipinski definition) is 3. The number of nitrogens with one attached hydrogen (secondary N) is 1. The van der Waals surface area contributed by atoms with Crippen LogP contribution in [0.3, 0.4) is 0 Å². The average molecular weight is 216 g/mol. The second kappa shape index (κ2) is 6.08. The normalized spacial score (nSPS) is 14.1. The summed E-state index contributed by atoms with van der Waals surface area (Å²) in [6.45, 7) is 8.82. The fourth-order valence-corrected chi connectivity index (χ4v) is 1.72. The molecule has 15 heavy (non-hydrogen) atoms. The highest BCUT2D eigenvalue weighted by atomic mass is 16.3. The summed E-state index contributed by atoms with van der Waals surface area (Å²) in [7, 11) is 0. The first-order valence-corrected chi connectivity index (χ1v) is 5.42. The Morgan fingerprint density at radius 1 is 1.47 bits per heavy atom. The average Bonchev–Trinajstić information content (AvgIpc) is 2.11. The van der Waals surface area contributed by atoms with Gasteiger partial charge in [0.2, 0.25) is 5.91 Å². The standard InChI is InChI=1S/C11H24N2O2/c1-8(2)5-11(3,4)7-13-10(15)9(12)6-14/h8-9,14H,5-7,12H2,1-4H3,(H,13,15). The third-order valence-electron chi connectivity index (χ3n) is 2.24. The van der Waals surface area contributed by atoms with E-state index in [4.69, 9.17) is 10.8 Å². The summed E-state index contributed by atoms with van der Waals surface area (Å²) in [5.74, 6) is 0.317. The predicted octanol–water partition coefficient (Wildman–Crippen LogP) is 0.495. The van der Waals surface area contributed by atoms with Crippen molar-refractivity contribution < 1.29 is 9.90 Å². The summed E-state index contributed by atoms with van der Waals surface area (Å²) in [4.78, 5) is 11.3. The molecule has 0 rings (SSSR count). The summed E-state index contributed by atoms with van der Waals surface area (Å²) in [6, 6.07) is -0.806. The quantitative estimate of drug-likeness (QED) is 0.605. The second-order valence-corrected chi connectivity index (χ2v) is 5.27. The zero-order valence-corrected chi connectivity index (χ0v) is 10.2. The van der Waals surface area contributed by atoms with Crippen molar-refractivity contribution in [3.05, 3.63) is 0 Å². The van der Waals surface area contributed by atoms with Crippen molar-refractivity contribution in [1.29, 1.82) is 0 Å². The van der Waals surface area contributed by atoms with Gasteiger partial charge in [0.25, 0.3) is 0 Å². The summed E-state index contributed by atoms with van der Waals surface area (Å²) in [5, 5.41) is 11.4. The Labute approximate surface area is 92.2 Å². The molecule has 0 aromatic rings. The van der Waals surface area contributed by atoms with Gasteiger partial charge in [-0.05, 0) is 17.8 Å². The molecule has 0 radical (unpaired) electrons. The number of hydrogen-bond donors (Lipinski definition) is 3. The Kier molecular flexibility index (Phi) is 5.83. The zero-order chi connectivity index (χ0) is 12.1. The van der Waals surface area contributed by atoms with E-state index in [0.717, 1.165) is 6.42 Å². The van der Waals surface area contributed by atoms with Crippen molar-refractivity contribution in [2.45, 2.75) is 40.2 Å². The highest BCUT2D eigenvalue weighted by Crippen LogP contribution is 2.23. The molecule has 0 aliphatic carbocycles. The molecule has 1 atom stereocenters. The first kappa shape index (κ1) is 14.4. The number of amides is 1. The van der Waals surface area contributed by atoms with Crippen LogP contribution in [0.15, 0.2) is 0 Å². The maximum atomic E-state index is 11.3. The monoisotopic (exact) mass is 216 g/mol. The molecule has 0 aromatic heterocycles. The lowest BCUT2D eigenvalue weighted by Crippen LogP contribution is -2.46. The molecule has 0 aromatic carbocycles. The highest BCUT2D eigenvalue weighted by molar-refractivity contribution is 5.81. The molecule has 0 heterocycles. The number of aliphatic hydroxyl groups excluding tert-OH is 1. The van der Waals surface area contributed by atoms with E-state index in [1.165, 1.54) is 0 Å². The molecule has 4 nitrogen and oxygen atoms in total. The molecule has 0 fully saturated rings. The van der Waals surface area contributed by atoms with Crippen LogP contribution in [0.5, 0.6) is 0 Å². The van der Waals surface area contributed by atoms with Gasteiger partial charge in [0.05, 0.1) is 6.61 Å². The summed E-state index contributed by atoms with van der Waals surface area (Å²) < 4.78 is 0. The van der Waals surface area contributed by atoms with Gasteiger partial charge in [0, 0.05) is 6.54 Å². The Morgan fingerprint density at radius 2 is 2.00 bits per heavy atom. The smallest absolute Gasteiger partial charge is 0.239 e. The van der Waals surface area contributed by atoms with Crippen molar-refractivity contribution in [2.75, 3.05) is 13.2 Å². The number of aliphatic hydroxyl groups is 1. The van der Waals surface area contributed by atoms with E-state index in [0.29, 0.717) is 12.5 Å². The lowest BCUT2D eigenvalue weighted by atomic mass is 9.84. The van der Waals surface area contributed by atoms with Gasteiger partial charge in [-0.25, -0.2) is 0 Å². The molecule has 0 aliphatic heterocycles. The Morgan fingerprint density at radius 3 is 2.40 bits per heavy atom. The molecule has 90 valence electrons. The third kappa shape index (κ3) is 6.47. The second-order valence-electron chi connectivity index (χ2n) is 5.27. The predicted molar refractivity (Wildman–Crippen MR) is 61.3 cm³/mol. The highest BCUT2D eigenvalue weighted by Gasteiger charge is 2.21. The van der Waals surface area contributed by atoms with Gasteiger partial charge in [0.1, 0.15) is 6.04 Å². The first-order valence-electron chi connectivity index (χ1n) is 5.42. The molecule has 0 bridgehead atoms. The van der Waals surface area contributed by atoms with Crippen molar-refractivity contribution in [2.24, 2.45) is 17.1 Å². The number of carbonyl (C=O) groups is 1. The molecule has 4 N–H and O–H groups in total. The van der Waals surface area contributed by atoms with E-state index in [9.17, 15) is 4.79 Å². The largest absolute Gasteiger partial charge is 0.394 e. The Hall–Kier alpha value is -0.610. The number of carbonyl (C=O) groups excluding carboxylic acids is 1. The van der Waals surface area contributed by atoms with Gasteiger partial charge < -0.3 is 16.2 Å². The first-order chi connectivity index (χ1) is 6.78. The van der Waals surface area contributed by atoms with Crippen LogP contribution in [0.4, 0.5) is 0 Å². The van der Waals surface area contributed by atoms with Crippen LogP contribution in [-0.2, 0) is 4.79 Å². The summed E-state index contributed by atoms with van der Waals surface area (Å²) >= 11 is 0. The van der Waals surface area contributed by atoms with Crippen LogP contribution in [0.25, 0.3) is 0 Å². The number of rotatable bonds is 6. The summed E-state index contributed by atoms with van der Waals surface area (Å²) in [5.41, 5.74) is 5.45. The van der Waals surface area contributed by atoms with Crippen LogP contribution in [-0.4, -0.2) is 30.2 Å². The topological polar surface area (TPSA) is 75.4 Å². The minimum atomic E-state index is -0.806. The van der Waals surface area contributed by atoms with Gasteiger partial charge in [-0.3, -0.25) is 4.79 Å². The zero-order valence-electron chi connectivity index (χ0n) is 10.2. The van der Waals surface area contributed by atoms with Crippen LogP contribution in [0.1, 0.15) is 34.1 Å². The van der Waals surface area contributed by atoms with E-state index >= 15 is 0 Å². The lowest BCUT2D eigenvalue weighted by Gasteiger charge is -2.27. The molecule has 0 spiro atoms. The van der Waals surface area contributed by atoms with E-state index in [1.54, 1.807) is 0 Å². The molecule has 1 amide bonds. The van der Waals surface area contributed by atoms with Crippen molar-refractivity contribution >= 4 is 5.91 Å². The van der Waals surface area contributed by atoms with Crippen molar-refractivity contribution in [3.8, 4) is 0 Å². The van der Waals surface area contributed by atoms with Crippen molar-refractivity contribution in [3.63, 3.8) is 0 Å². The fraction of sp³-hybridized carbons (Fsp3) is 0.909. The molecule has 0 saturated carbocycles. The minimum Gasteiger partial charge on any atom is -0.394 e. The van der Waals surface area contributed by atoms with Gasteiger partial charge in [-0.2, -0.15) is 0 Å². The molecular weight excluding hydrogens is 192 g/mol. The van der Waals surface area contributed by atoms with Crippen LogP contribution in [0, 0.1) is 11.3 Å². The van der Waals surface area contributed by atoms with E-state index < -0.39 is 6.04 Å². The Bertz CT molecular complexity index is 203. The van der Waals surface area contributed by atoms with Crippen LogP contribution in [0.2, 0.25) is 0 Å². The number of nitrogens with two attached hydrogens (primary N) is 1. The van der Waals surface area contributed by atoms with E-state index in [-0.39, 0.29) is 17.9 Å². The van der Waals surface area contributed by atoms with Gasteiger partial charge in [-0.15, -0.1) is 0 Å². The lowest BCUT2D eigenvalue weighted by molar-refractivity contribution is -0.123. The third-order valence-corrected chi connectivity index (χ3v) is 2.24. The van der Waals surface area contributed by atoms with Crippen LogP contribution < -0.4 is 11.1 Å². The van der Waals surface area contributed by atoms with Gasteiger partial charge in [0.15, 0.2) is 0 Å². The minimum absolute atomic E-state index is 0.0685. The SMILES string of the molecule is CC(C)CC(C)(C)CNC(=O)C(N)CO.